The first kappa shape index (κ1) is 59.9. The van der Waals surface area contributed by atoms with Gasteiger partial charge in [0.15, 0.2) is 29.8 Å². The summed E-state index contributed by atoms with van der Waals surface area (Å²) in [4.78, 5) is 103. The van der Waals surface area contributed by atoms with Crippen LogP contribution >= 0.6 is 34.8 Å². The van der Waals surface area contributed by atoms with E-state index in [1.165, 1.54) is 58.9 Å². The van der Waals surface area contributed by atoms with E-state index < -0.39 is 148 Å². The Morgan fingerprint density at radius 2 is 1.49 bits per heavy atom. The number of methoxy groups -OCH3 is 2. The standard InChI is InChI=1S/C57H64Cl3NO19/c1-29-37(75-49(66)43-41(32-18-14-12-15-19-32)61(50(67)80-52(4,5)6)47(77-43)35-23-22-34(70-10)24-36(35)71-11)26-56(69)46(78-48(65)33-20-16-13-17-21-33)44-54(9,45(64)42(74-30(2)62)40(29)53(56,7)8)38(76-51(68)73-28-57(58,59)60)25-39-55(44,27-72-39)79-31(3)63/h12-24,37-39,41-44,46-47,69H,25-28H2,1-11H3/t37?,38-,39?,41-,42+,43?,44?,46?,47?,54+,55-,56+/m0/s1. The van der Waals surface area contributed by atoms with Gasteiger partial charge in [0.2, 0.25) is 3.79 Å². The molecule has 0 aromatic heterocycles. The van der Waals surface area contributed by atoms with Crippen molar-refractivity contribution < 1.29 is 90.8 Å². The summed E-state index contributed by atoms with van der Waals surface area (Å²) in [6, 6.07) is 19.8. The zero-order valence-electron chi connectivity index (χ0n) is 45.9. The van der Waals surface area contributed by atoms with Crippen LogP contribution in [0.1, 0.15) is 109 Å². The number of halogens is 3. The number of aliphatic hydroxyl groups is 1. The molecule has 2 saturated carbocycles. The summed E-state index contributed by atoms with van der Waals surface area (Å²) in [5.41, 5.74) is -8.89. The molecule has 5 aliphatic rings. The minimum Gasteiger partial charge on any atom is -0.497 e. The van der Waals surface area contributed by atoms with E-state index in [9.17, 15) is 29.1 Å². The lowest BCUT2D eigenvalue weighted by Crippen LogP contribution is -2.82. The Labute approximate surface area is 477 Å². The Hall–Kier alpha value is -6.16. The van der Waals surface area contributed by atoms with E-state index in [1.807, 2.05) is 0 Å². The molecule has 20 nitrogen and oxygen atoms in total. The molecule has 4 fully saturated rings. The first-order valence-corrected chi connectivity index (χ1v) is 26.8. The summed E-state index contributed by atoms with van der Waals surface area (Å²) in [7, 11) is 2.88. The molecule has 0 radical (unpaired) electrons. The fourth-order valence-corrected chi connectivity index (χ4v) is 12.3. The van der Waals surface area contributed by atoms with Gasteiger partial charge < -0.3 is 57.2 Å². The van der Waals surface area contributed by atoms with Crippen LogP contribution in [0.15, 0.2) is 90.0 Å². The third kappa shape index (κ3) is 11.0. The van der Waals surface area contributed by atoms with Gasteiger partial charge in [-0.05, 0) is 75.6 Å². The molecule has 8 rings (SSSR count). The topological polar surface area (TPSA) is 244 Å². The number of Topliss-reactive ketones (excluding diaryl/α,β-unsaturated/α-hetero) is 1. The van der Waals surface area contributed by atoms with Gasteiger partial charge in [0.05, 0.1) is 37.7 Å². The molecule has 1 amide bonds. The summed E-state index contributed by atoms with van der Waals surface area (Å²) < 4.78 is 64.5. The Morgan fingerprint density at radius 1 is 0.838 bits per heavy atom. The summed E-state index contributed by atoms with van der Waals surface area (Å²) >= 11 is 17.8. The number of carbonyl (C=O) groups excluding carboxylic acids is 7. The van der Waals surface area contributed by atoms with E-state index in [0.717, 1.165) is 13.8 Å². The average molecular weight is 1170 g/mol. The number of ether oxygens (including phenoxy) is 11. The number of alkyl halides is 3. The van der Waals surface area contributed by atoms with Gasteiger partial charge in [0.25, 0.3) is 0 Å². The Kier molecular flexibility index (Phi) is 16.7. The van der Waals surface area contributed by atoms with Crippen LogP contribution in [0, 0.1) is 16.7 Å². The van der Waals surface area contributed by atoms with Crippen molar-refractivity contribution in [3.8, 4) is 11.5 Å². The van der Waals surface area contributed by atoms with E-state index in [0.29, 0.717) is 16.9 Å². The van der Waals surface area contributed by atoms with Gasteiger partial charge in [-0.25, -0.2) is 19.2 Å². The number of benzene rings is 3. The summed E-state index contributed by atoms with van der Waals surface area (Å²) in [6.45, 7) is 11.9. The molecular weight excluding hydrogens is 1110 g/mol. The summed E-state index contributed by atoms with van der Waals surface area (Å²) in [5.74, 6) is -6.02. The summed E-state index contributed by atoms with van der Waals surface area (Å²) in [5, 5.41) is 14.3. The number of esters is 4. The van der Waals surface area contributed by atoms with Gasteiger partial charge in [-0.2, -0.15) is 0 Å². The Balaban J connectivity index is 1.34. The average Bonchev–Trinajstić information content (AvgIpc) is 3.95. The fourth-order valence-electron chi connectivity index (χ4n) is 12.2. The molecule has 2 bridgehead atoms. The van der Waals surface area contributed by atoms with E-state index in [2.05, 4.69) is 0 Å². The number of rotatable bonds is 12. The minimum atomic E-state index is -2.55. The van der Waals surface area contributed by atoms with Crippen LogP contribution < -0.4 is 9.47 Å². The normalized spacial score (nSPS) is 30.6. The second kappa shape index (κ2) is 22.3. The molecule has 432 valence electrons. The Morgan fingerprint density at radius 3 is 2.05 bits per heavy atom. The molecule has 6 unspecified atom stereocenters. The maximum absolute atomic E-state index is 16.3. The van der Waals surface area contributed by atoms with Crippen LogP contribution in [-0.2, 0) is 61.8 Å². The van der Waals surface area contributed by atoms with Crippen molar-refractivity contribution in [2.45, 2.75) is 145 Å². The number of hydrogen-bond donors (Lipinski definition) is 1. The summed E-state index contributed by atoms with van der Waals surface area (Å²) in [6.07, 6.45) is -14.8. The molecule has 80 heavy (non-hydrogen) atoms. The molecular formula is C57H64Cl3NO19. The van der Waals surface area contributed by atoms with Crippen LogP contribution in [0.2, 0.25) is 0 Å². The van der Waals surface area contributed by atoms with Gasteiger partial charge in [-0.3, -0.25) is 19.3 Å². The number of nitrogens with zero attached hydrogens (tertiary/aromatic N) is 1. The maximum atomic E-state index is 16.3. The monoisotopic (exact) mass is 1170 g/mol. The van der Waals surface area contributed by atoms with Crippen LogP contribution in [0.3, 0.4) is 0 Å². The van der Waals surface area contributed by atoms with Crippen LogP contribution in [0.5, 0.6) is 11.5 Å². The van der Waals surface area contributed by atoms with E-state index in [4.69, 9.17) is 86.9 Å². The van der Waals surface area contributed by atoms with Crippen molar-refractivity contribution in [1.29, 1.82) is 0 Å². The molecule has 2 heterocycles. The van der Waals surface area contributed by atoms with Gasteiger partial charge in [-0.15, -0.1) is 0 Å². The van der Waals surface area contributed by atoms with Crippen LogP contribution in [0.4, 0.5) is 9.59 Å². The van der Waals surface area contributed by atoms with Gasteiger partial charge in [-0.1, -0.05) is 97.2 Å². The van der Waals surface area contributed by atoms with Crippen LogP contribution in [-0.4, -0.2) is 137 Å². The van der Waals surface area contributed by atoms with E-state index in [-0.39, 0.29) is 28.9 Å². The molecule has 3 aliphatic carbocycles. The number of carbonyl (C=O) groups is 7. The number of ketones is 1. The Bertz CT molecular complexity index is 2940. The molecule has 3 aromatic rings. The highest BCUT2D eigenvalue weighted by molar-refractivity contribution is 6.67. The number of fused-ring (bicyclic) bond motifs is 5. The van der Waals surface area contributed by atoms with Crippen molar-refractivity contribution in [3.05, 3.63) is 107 Å². The highest BCUT2D eigenvalue weighted by Crippen LogP contribution is 2.65. The smallest absolute Gasteiger partial charge is 0.497 e. The predicted octanol–water partition coefficient (Wildman–Crippen LogP) is 8.83. The van der Waals surface area contributed by atoms with Gasteiger partial charge in [0.1, 0.15) is 59.8 Å². The van der Waals surface area contributed by atoms with Gasteiger partial charge in [0, 0.05) is 43.7 Å². The predicted molar refractivity (Wildman–Crippen MR) is 284 cm³/mol. The van der Waals surface area contributed by atoms with Gasteiger partial charge >= 0.3 is 36.1 Å². The second-order valence-corrected chi connectivity index (χ2v) is 24.7. The van der Waals surface area contributed by atoms with Crippen molar-refractivity contribution in [2.75, 3.05) is 27.4 Å². The fraction of sp³-hybridized carbons (Fsp3) is 0.526. The van der Waals surface area contributed by atoms with Crippen LogP contribution in [0.25, 0.3) is 0 Å². The zero-order valence-corrected chi connectivity index (χ0v) is 48.2. The maximum Gasteiger partial charge on any atom is 0.508 e. The SMILES string of the molecule is COc1ccc(C2OC(C(=O)OC3C[C@@]4(O)C(OC(=O)c5ccccc5)C5[C@]6(OC(C)=O)COC6C[C@H](OC(=O)OCC(Cl)(Cl)Cl)[C@@]5(C)C(=O)[C@H](OC(C)=O)C(=C3C)C4(C)C)[C@H](c3ccccc3)N2C(=O)OC(C)(C)C)c(OC)c1. The molecule has 0 spiro atoms. The molecule has 1 N–H and O–H groups in total. The lowest BCUT2D eigenvalue weighted by Gasteiger charge is -2.67. The highest BCUT2D eigenvalue weighted by Gasteiger charge is 2.79. The molecule has 3 aromatic carbocycles. The number of amides is 1. The van der Waals surface area contributed by atoms with Crippen molar-refractivity contribution in [1.82, 2.24) is 4.90 Å². The van der Waals surface area contributed by atoms with E-state index >= 15 is 9.59 Å². The third-order valence-electron chi connectivity index (χ3n) is 15.8. The first-order valence-electron chi connectivity index (χ1n) is 25.7. The third-order valence-corrected chi connectivity index (χ3v) is 16.1. The van der Waals surface area contributed by atoms with Crippen molar-refractivity contribution in [3.63, 3.8) is 0 Å². The highest BCUT2D eigenvalue weighted by atomic mass is 35.6. The lowest BCUT2D eigenvalue weighted by atomic mass is 9.44. The van der Waals surface area contributed by atoms with E-state index in [1.54, 1.807) is 87.5 Å². The number of hydrogen-bond acceptors (Lipinski definition) is 19. The lowest BCUT2D eigenvalue weighted by molar-refractivity contribution is -0.346. The van der Waals surface area contributed by atoms with Crippen molar-refractivity contribution in [2.24, 2.45) is 16.7 Å². The minimum absolute atomic E-state index is 0.00252. The first-order chi connectivity index (χ1) is 37.4. The zero-order chi connectivity index (χ0) is 58.7. The molecule has 12 atom stereocenters. The molecule has 23 heteroatoms. The second-order valence-electron chi connectivity index (χ2n) is 22.2. The molecule has 2 saturated heterocycles. The van der Waals surface area contributed by atoms with Crippen molar-refractivity contribution >= 4 is 76.7 Å². The quantitative estimate of drug-likeness (QED) is 0.0770. The molecule has 2 aliphatic heterocycles. The largest absolute Gasteiger partial charge is 0.508 e.